The number of nitrogens with zero attached hydrogens (tertiary/aromatic N) is 5. The molecule has 0 atom stereocenters. The van der Waals surface area contributed by atoms with Crippen molar-refractivity contribution < 1.29 is 0 Å². The molecule has 6 nitrogen and oxygen atoms in total. The van der Waals surface area contributed by atoms with Crippen molar-refractivity contribution in [1.29, 1.82) is 0 Å². The Bertz CT molecular complexity index is 860. The van der Waals surface area contributed by atoms with Gasteiger partial charge in [-0.05, 0) is 12.6 Å². The van der Waals surface area contributed by atoms with Crippen molar-refractivity contribution >= 4 is 11.9 Å². The first-order valence-corrected chi connectivity index (χ1v) is 9.31. The summed E-state index contributed by atoms with van der Waals surface area (Å²) in [4.78, 5) is 18.7. The summed E-state index contributed by atoms with van der Waals surface area (Å²) < 4.78 is 0. The van der Waals surface area contributed by atoms with Gasteiger partial charge in [0.15, 0.2) is 5.82 Å². The minimum Gasteiger partial charge on any atom is -0.350 e. The summed E-state index contributed by atoms with van der Waals surface area (Å²) >= 11 is 0. The van der Waals surface area contributed by atoms with Gasteiger partial charge < -0.3 is 15.1 Å². The van der Waals surface area contributed by atoms with Gasteiger partial charge >= 0.3 is 0 Å². The fourth-order valence-corrected chi connectivity index (χ4v) is 3.08. The zero-order valence-electron chi connectivity index (χ0n) is 15.5. The van der Waals surface area contributed by atoms with E-state index in [-0.39, 0.29) is 0 Å². The number of hydrogen-bond acceptors (Lipinski definition) is 6. The molecule has 2 heterocycles. The fourth-order valence-electron chi connectivity index (χ4n) is 3.08. The number of piperazine rings is 1. The molecule has 27 heavy (non-hydrogen) atoms. The molecule has 0 unspecified atom stereocenters. The molecule has 1 aliphatic heterocycles. The summed E-state index contributed by atoms with van der Waals surface area (Å²) in [5.74, 6) is 2.06. The minimum absolute atomic E-state index is 0.613. The molecule has 0 bridgehead atoms. The van der Waals surface area contributed by atoms with Crippen molar-refractivity contribution in [3.63, 3.8) is 0 Å². The molecule has 1 fully saturated rings. The maximum Gasteiger partial charge on any atom is 0.230 e. The number of nitrogens with one attached hydrogen (secondary N) is 1. The highest BCUT2D eigenvalue weighted by Gasteiger charge is 2.19. The van der Waals surface area contributed by atoms with Gasteiger partial charge in [0, 0.05) is 38.3 Å². The van der Waals surface area contributed by atoms with Crippen molar-refractivity contribution in [2.75, 3.05) is 43.4 Å². The molecule has 4 rings (SSSR count). The molecule has 1 aromatic heterocycles. The second-order valence-corrected chi connectivity index (χ2v) is 6.78. The standard InChI is InChI=1S/C21H24N6/c1-26-12-14-27(15-13-26)21-24-19(18-10-6-3-7-11-18)23-20(25-21)22-16-17-8-4-2-5-9-17/h2-11H,12-16H2,1H3,(H,22,23,24,25). The van der Waals surface area contributed by atoms with Crippen LogP contribution in [0.1, 0.15) is 5.56 Å². The summed E-state index contributed by atoms with van der Waals surface area (Å²) in [5, 5.41) is 3.36. The van der Waals surface area contributed by atoms with Crippen LogP contribution in [0, 0.1) is 0 Å². The zero-order valence-corrected chi connectivity index (χ0v) is 15.5. The molecule has 138 valence electrons. The van der Waals surface area contributed by atoms with E-state index in [1.54, 1.807) is 0 Å². The topological polar surface area (TPSA) is 57.2 Å². The monoisotopic (exact) mass is 360 g/mol. The van der Waals surface area contributed by atoms with Gasteiger partial charge in [-0.2, -0.15) is 15.0 Å². The number of hydrogen-bond donors (Lipinski definition) is 1. The van der Waals surface area contributed by atoms with Crippen molar-refractivity contribution in [2.45, 2.75) is 6.54 Å². The molecule has 1 saturated heterocycles. The fraction of sp³-hybridized carbons (Fsp3) is 0.286. The third-order valence-electron chi connectivity index (χ3n) is 4.74. The SMILES string of the molecule is CN1CCN(c2nc(NCc3ccccc3)nc(-c3ccccc3)n2)CC1. The molecule has 1 aliphatic rings. The lowest BCUT2D eigenvalue weighted by atomic mass is 10.2. The molecule has 0 spiro atoms. The highest BCUT2D eigenvalue weighted by atomic mass is 15.3. The predicted molar refractivity (Wildman–Crippen MR) is 109 cm³/mol. The molecule has 6 heteroatoms. The Balaban J connectivity index is 1.62. The van der Waals surface area contributed by atoms with E-state index in [1.165, 1.54) is 5.56 Å². The lowest BCUT2D eigenvalue weighted by molar-refractivity contribution is 0.311. The van der Waals surface area contributed by atoms with Crippen LogP contribution in [-0.2, 0) is 6.54 Å². The second kappa shape index (κ2) is 8.14. The summed E-state index contributed by atoms with van der Waals surface area (Å²) in [7, 11) is 2.15. The average molecular weight is 360 g/mol. The van der Waals surface area contributed by atoms with Crippen LogP contribution in [0.3, 0.4) is 0 Å². The van der Waals surface area contributed by atoms with E-state index < -0.39 is 0 Å². The highest BCUT2D eigenvalue weighted by Crippen LogP contribution is 2.20. The Hall–Kier alpha value is -2.99. The molecule has 0 radical (unpaired) electrons. The largest absolute Gasteiger partial charge is 0.350 e. The molecule has 0 amide bonds. The summed E-state index contributed by atoms with van der Waals surface area (Å²) in [6, 6.07) is 20.4. The minimum atomic E-state index is 0.613. The Labute approximate surface area is 159 Å². The van der Waals surface area contributed by atoms with E-state index in [0.29, 0.717) is 18.3 Å². The Kier molecular flexibility index (Phi) is 5.25. The van der Waals surface area contributed by atoms with Gasteiger partial charge in [-0.25, -0.2) is 0 Å². The Morgan fingerprint density at radius 3 is 2.19 bits per heavy atom. The van der Waals surface area contributed by atoms with E-state index in [2.05, 4.69) is 39.3 Å². The van der Waals surface area contributed by atoms with Crippen molar-refractivity contribution in [2.24, 2.45) is 0 Å². The lowest BCUT2D eigenvalue weighted by Crippen LogP contribution is -2.45. The molecular weight excluding hydrogens is 336 g/mol. The van der Waals surface area contributed by atoms with Crippen molar-refractivity contribution in [3.05, 3.63) is 66.2 Å². The molecule has 3 aromatic rings. The van der Waals surface area contributed by atoms with Gasteiger partial charge in [0.2, 0.25) is 11.9 Å². The molecule has 1 N–H and O–H groups in total. The van der Waals surface area contributed by atoms with Crippen LogP contribution in [0.2, 0.25) is 0 Å². The molecular formula is C21H24N6. The number of benzene rings is 2. The zero-order chi connectivity index (χ0) is 18.5. The summed E-state index contributed by atoms with van der Waals surface area (Å²) in [6.07, 6.45) is 0. The van der Waals surface area contributed by atoms with E-state index in [1.807, 2.05) is 48.5 Å². The predicted octanol–water partition coefficient (Wildman–Crippen LogP) is 2.90. The quantitative estimate of drug-likeness (QED) is 0.755. The lowest BCUT2D eigenvalue weighted by Gasteiger charge is -2.32. The maximum atomic E-state index is 4.75. The van der Waals surface area contributed by atoms with Crippen LogP contribution in [0.4, 0.5) is 11.9 Å². The van der Waals surface area contributed by atoms with Gasteiger partial charge in [-0.3, -0.25) is 0 Å². The van der Waals surface area contributed by atoms with E-state index in [9.17, 15) is 0 Å². The molecule has 0 saturated carbocycles. The van der Waals surface area contributed by atoms with Crippen LogP contribution in [0.15, 0.2) is 60.7 Å². The summed E-state index contributed by atoms with van der Waals surface area (Å²) in [6.45, 7) is 4.55. The van der Waals surface area contributed by atoms with Crippen molar-refractivity contribution in [3.8, 4) is 11.4 Å². The Morgan fingerprint density at radius 1 is 0.815 bits per heavy atom. The van der Waals surface area contributed by atoms with Gasteiger partial charge in [0.05, 0.1) is 0 Å². The molecule has 0 aliphatic carbocycles. The summed E-state index contributed by atoms with van der Waals surface area (Å²) in [5.41, 5.74) is 2.19. The first kappa shape index (κ1) is 17.4. The van der Waals surface area contributed by atoms with Gasteiger partial charge in [0.25, 0.3) is 0 Å². The van der Waals surface area contributed by atoms with Crippen LogP contribution in [-0.4, -0.2) is 53.1 Å². The van der Waals surface area contributed by atoms with E-state index in [0.717, 1.165) is 37.7 Å². The maximum absolute atomic E-state index is 4.75. The van der Waals surface area contributed by atoms with Crippen molar-refractivity contribution in [1.82, 2.24) is 19.9 Å². The van der Waals surface area contributed by atoms with E-state index >= 15 is 0 Å². The van der Waals surface area contributed by atoms with Crippen LogP contribution >= 0.6 is 0 Å². The Morgan fingerprint density at radius 2 is 1.48 bits per heavy atom. The first-order valence-electron chi connectivity index (χ1n) is 9.31. The third kappa shape index (κ3) is 4.41. The van der Waals surface area contributed by atoms with Gasteiger partial charge in [0.1, 0.15) is 0 Å². The number of aromatic nitrogens is 3. The van der Waals surface area contributed by atoms with Crippen LogP contribution in [0.25, 0.3) is 11.4 Å². The van der Waals surface area contributed by atoms with Crippen LogP contribution < -0.4 is 10.2 Å². The molecule has 2 aromatic carbocycles. The normalized spacial score (nSPS) is 14.9. The third-order valence-corrected chi connectivity index (χ3v) is 4.74. The smallest absolute Gasteiger partial charge is 0.230 e. The van der Waals surface area contributed by atoms with Gasteiger partial charge in [-0.15, -0.1) is 0 Å². The number of rotatable bonds is 5. The number of anilines is 2. The van der Waals surface area contributed by atoms with Gasteiger partial charge in [-0.1, -0.05) is 60.7 Å². The number of likely N-dealkylation sites (N-methyl/N-ethyl adjacent to an activating group) is 1. The first-order chi connectivity index (χ1) is 13.3. The average Bonchev–Trinajstić information content (AvgIpc) is 2.74. The highest BCUT2D eigenvalue weighted by molar-refractivity contribution is 5.58. The van der Waals surface area contributed by atoms with Crippen LogP contribution in [0.5, 0.6) is 0 Å². The second-order valence-electron chi connectivity index (χ2n) is 6.78. The van der Waals surface area contributed by atoms with E-state index in [4.69, 9.17) is 9.97 Å².